The molecule has 31 heavy (non-hydrogen) atoms. The van der Waals surface area contributed by atoms with Crippen LogP contribution in [0.2, 0.25) is 0 Å². The van der Waals surface area contributed by atoms with Crippen LogP contribution in [0.1, 0.15) is 56.1 Å². The van der Waals surface area contributed by atoms with Crippen LogP contribution in [0, 0.1) is 5.92 Å². The third kappa shape index (κ3) is 2.39. The van der Waals surface area contributed by atoms with E-state index >= 15 is 0 Å². The first-order valence-corrected chi connectivity index (χ1v) is 11.8. The van der Waals surface area contributed by atoms with E-state index in [0.717, 1.165) is 56.8 Å². The number of hydrogen-bond donors (Lipinski definition) is 2. The third-order valence-electron chi connectivity index (χ3n) is 9.24. The summed E-state index contributed by atoms with van der Waals surface area (Å²) < 4.78 is 6.55. The Hall–Kier alpha value is -1.50. The van der Waals surface area contributed by atoms with Crippen molar-refractivity contribution in [1.82, 2.24) is 9.80 Å². The molecule has 6 aliphatic rings. The number of halogens is 1. The van der Waals surface area contributed by atoms with E-state index in [0.29, 0.717) is 18.6 Å². The van der Waals surface area contributed by atoms with Crippen molar-refractivity contribution in [3.05, 3.63) is 23.3 Å². The van der Waals surface area contributed by atoms with E-state index in [1.807, 2.05) is 11.0 Å². The van der Waals surface area contributed by atoms with Crippen LogP contribution < -0.4 is 4.74 Å². The number of amides is 1. The quantitative estimate of drug-likeness (QED) is 0.745. The summed E-state index contributed by atoms with van der Waals surface area (Å²) in [5.74, 6) is 1.74. The maximum atomic E-state index is 12.6. The van der Waals surface area contributed by atoms with Crippen LogP contribution in [0.5, 0.6) is 11.5 Å². The van der Waals surface area contributed by atoms with Crippen molar-refractivity contribution in [3.63, 3.8) is 0 Å². The van der Waals surface area contributed by atoms with Crippen LogP contribution in [0.25, 0.3) is 0 Å². The highest BCUT2D eigenvalue weighted by Crippen LogP contribution is 2.66. The molecular formula is C24H31ClN2O4. The summed E-state index contributed by atoms with van der Waals surface area (Å²) in [7, 11) is 0. The predicted octanol–water partition coefficient (Wildman–Crippen LogP) is 2.37. The number of hydrogen-bond acceptors (Lipinski definition) is 5. The zero-order valence-corrected chi connectivity index (χ0v) is 18.6. The van der Waals surface area contributed by atoms with Crippen LogP contribution in [-0.4, -0.2) is 69.3 Å². The first kappa shape index (κ1) is 20.1. The molecule has 1 amide bonds. The Balaban J connectivity index is 0.00000185. The van der Waals surface area contributed by atoms with Gasteiger partial charge in [0.2, 0.25) is 5.91 Å². The average Bonchev–Trinajstić information content (AvgIpc) is 3.32. The smallest absolute Gasteiger partial charge is 0.223 e. The molecule has 3 aliphatic heterocycles. The standard InChI is InChI=1S/C24H30N2O4.ClH/c27-17-6-5-15-12-18-24(29)8-7-16(26-10-1-2-19(26)28)22-23(24,20(15)21(17)30-22)9-11-25(18)13-14-3-4-14;/h5-6,14,16,18,22,27,29H,1-4,7-13H2;1H/t16-,18+,22-,23-,24+;/m0./s1. The molecule has 2 bridgehead atoms. The van der Waals surface area contributed by atoms with Gasteiger partial charge < -0.3 is 19.8 Å². The lowest BCUT2D eigenvalue weighted by atomic mass is 9.48. The van der Waals surface area contributed by atoms with E-state index in [2.05, 4.69) is 4.90 Å². The maximum absolute atomic E-state index is 12.6. The molecule has 5 atom stereocenters. The number of phenols is 1. The zero-order chi connectivity index (χ0) is 20.3. The van der Waals surface area contributed by atoms with Gasteiger partial charge in [-0.3, -0.25) is 9.69 Å². The highest BCUT2D eigenvalue weighted by atomic mass is 35.5. The molecule has 7 heteroatoms. The molecule has 1 aromatic rings. The molecule has 2 saturated carbocycles. The molecule has 3 aliphatic carbocycles. The summed E-state index contributed by atoms with van der Waals surface area (Å²) in [4.78, 5) is 17.2. The fourth-order valence-electron chi connectivity index (χ4n) is 7.79. The summed E-state index contributed by atoms with van der Waals surface area (Å²) >= 11 is 0. The molecular weight excluding hydrogens is 416 g/mol. The minimum Gasteiger partial charge on any atom is -0.504 e. The Labute approximate surface area is 189 Å². The maximum Gasteiger partial charge on any atom is 0.223 e. The van der Waals surface area contributed by atoms with E-state index in [-0.39, 0.29) is 42.3 Å². The largest absolute Gasteiger partial charge is 0.504 e. The molecule has 168 valence electrons. The monoisotopic (exact) mass is 446 g/mol. The minimum atomic E-state index is -0.865. The number of phenolic OH excluding ortho intramolecular Hbond substituents is 1. The molecule has 1 aromatic carbocycles. The molecule has 0 radical (unpaired) electrons. The number of rotatable bonds is 3. The van der Waals surface area contributed by atoms with Crippen molar-refractivity contribution in [3.8, 4) is 11.5 Å². The van der Waals surface area contributed by atoms with Crippen LogP contribution in [0.4, 0.5) is 0 Å². The van der Waals surface area contributed by atoms with Crippen molar-refractivity contribution in [2.24, 2.45) is 5.92 Å². The van der Waals surface area contributed by atoms with E-state index in [4.69, 9.17) is 4.74 Å². The molecule has 6 nitrogen and oxygen atoms in total. The summed E-state index contributed by atoms with van der Waals surface area (Å²) in [5.41, 5.74) is 0.879. The van der Waals surface area contributed by atoms with Crippen LogP contribution in [0.3, 0.4) is 0 Å². The van der Waals surface area contributed by atoms with Gasteiger partial charge in [0.05, 0.1) is 17.1 Å². The lowest BCUT2D eigenvalue weighted by Crippen LogP contribution is -2.78. The van der Waals surface area contributed by atoms with Gasteiger partial charge in [-0.1, -0.05) is 6.07 Å². The average molecular weight is 447 g/mol. The fraction of sp³-hybridized carbons (Fsp3) is 0.708. The van der Waals surface area contributed by atoms with Gasteiger partial charge in [0.1, 0.15) is 6.10 Å². The molecule has 2 N–H and O–H groups in total. The van der Waals surface area contributed by atoms with Crippen molar-refractivity contribution >= 4 is 18.3 Å². The molecule has 2 saturated heterocycles. The predicted molar refractivity (Wildman–Crippen MR) is 117 cm³/mol. The third-order valence-corrected chi connectivity index (χ3v) is 9.24. The minimum absolute atomic E-state index is 0. The Bertz CT molecular complexity index is 952. The number of carbonyl (C=O) groups is 1. The molecule has 0 unspecified atom stereocenters. The van der Waals surface area contributed by atoms with E-state index in [1.165, 1.54) is 18.4 Å². The van der Waals surface area contributed by atoms with Crippen LogP contribution in [0.15, 0.2) is 12.1 Å². The Morgan fingerprint density at radius 1 is 1.16 bits per heavy atom. The second kappa shape index (κ2) is 6.52. The topological polar surface area (TPSA) is 73.2 Å². The normalized spacial score (nSPS) is 40.4. The number of carbonyl (C=O) groups excluding carboxylic acids is 1. The van der Waals surface area contributed by atoms with Gasteiger partial charge in [-0.05, 0) is 69.0 Å². The van der Waals surface area contributed by atoms with Crippen molar-refractivity contribution in [2.75, 3.05) is 19.6 Å². The van der Waals surface area contributed by atoms with Gasteiger partial charge in [0, 0.05) is 31.1 Å². The lowest BCUT2D eigenvalue weighted by Gasteiger charge is -2.64. The number of ether oxygens (including phenoxy) is 1. The molecule has 1 spiro atoms. The van der Waals surface area contributed by atoms with Crippen molar-refractivity contribution in [2.45, 2.75) is 80.6 Å². The number of piperidine rings is 1. The first-order chi connectivity index (χ1) is 14.5. The second-order valence-electron chi connectivity index (χ2n) is 10.6. The van der Waals surface area contributed by atoms with Gasteiger partial charge >= 0.3 is 0 Å². The van der Waals surface area contributed by atoms with E-state index < -0.39 is 11.0 Å². The Morgan fingerprint density at radius 3 is 2.74 bits per heavy atom. The number of aromatic hydroxyl groups is 1. The molecule has 0 aromatic heterocycles. The number of nitrogens with zero attached hydrogens (tertiary/aromatic N) is 2. The molecule has 7 rings (SSSR count). The highest BCUT2D eigenvalue weighted by molar-refractivity contribution is 5.85. The van der Waals surface area contributed by atoms with Gasteiger partial charge in [-0.2, -0.15) is 0 Å². The fourth-order valence-corrected chi connectivity index (χ4v) is 7.79. The highest BCUT2D eigenvalue weighted by Gasteiger charge is 2.73. The lowest BCUT2D eigenvalue weighted by molar-refractivity contribution is -0.200. The van der Waals surface area contributed by atoms with Crippen molar-refractivity contribution < 1.29 is 19.7 Å². The van der Waals surface area contributed by atoms with Gasteiger partial charge in [-0.25, -0.2) is 0 Å². The van der Waals surface area contributed by atoms with Gasteiger partial charge in [-0.15, -0.1) is 12.4 Å². The summed E-state index contributed by atoms with van der Waals surface area (Å²) in [5, 5.41) is 23.1. The Morgan fingerprint density at radius 2 is 2.00 bits per heavy atom. The van der Waals surface area contributed by atoms with E-state index in [9.17, 15) is 15.0 Å². The van der Waals surface area contributed by atoms with Gasteiger partial charge in [0.15, 0.2) is 11.5 Å². The Kier molecular flexibility index (Phi) is 4.23. The molecule has 4 fully saturated rings. The SMILES string of the molecule is Cl.O=C1CCCN1[C@H]1CC[C@@]2(O)[C@H]3Cc4ccc(O)c5c4[C@@]2(CCN3CC2CC2)[C@H]1O5. The van der Waals surface area contributed by atoms with Crippen molar-refractivity contribution in [1.29, 1.82) is 0 Å². The first-order valence-electron chi connectivity index (χ1n) is 11.8. The van der Waals surface area contributed by atoms with Gasteiger partial charge in [0.25, 0.3) is 0 Å². The number of aliphatic hydroxyl groups is 1. The summed E-state index contributed by atoms with van der Waals surface area (Å²) in [6.07, 6.45) is 6.98. The number of benzene rings is 1. The second-order valence-corrected chi connectivity index (χ2v) is 10.6. The van der Waals surface area contributed by atoms with E-state index in [1.54, 1.807) is 6.07 Å². The molecule has 3 heterocycles. The summed E-state index contributed by atoms with van der Waals surface area (Å²) in [6.45, 7) is 2.83. The zero-order valence-electron chi connectivity index (χ0n) is 17.8. The summed E-state index contributed by atoms with van der Waals surface area (Å²) in [6, 6.07) is 3.87. The van der Waals surface area contributed by atoms with Crippen LogP contribution in [-0.2, 0) is 16.6 Å². The number of likely N-dealkylation sites (tertiary alicyclic amines) is 2. The van der Waals surface area contributed by atoms with Crippen LogP contribution >= 0.6 is 12.4 Å².